The molecular formula is C20H26BrF3N2O4. The van der Waals surface area contributed by atoms with Gasteiger partial charge in [0.2, 0.25) is 5.88 Å². The van der Waals surface area contributed by atoms with Crippen LogP contribution in [0, 0.1) is 0 Å². The summed E-state index contributed by atoms with van der Waals surface area (Å²) in [5.41, 5.74) is -1.42. The fourth-order valence-corrected chi connectivity index (χ4v) is 3.71. The van der Waals surface area contributed by atoms with Gasteiger partial charge in [-0.1, -0.05) is 0 Å². The maximum atomic E-state index is 13.2. The van der Waals surface area contributed by atoms with Crippen LogP contribution in [-0.4, -0.2) is 53.0 Å². The summed E-state index contributed by atoms with van der Waals surface area (Å²) in [6, 6.07) is 0.966. The van der Waals surface area contributed by atoms with Crippen LogP contribution in [0.5, 0.6) is 5.88 Å². The third-order valence-electron chi connectivity index (χ3n) is 4.93. The highest BCUT2D eigenvalue weighted by Gasteiger charge is 2.39. The van der Waals surface area contributed by atoms with Crippen LogP contribution in [0.1, 0.15) is 52.0 Å². The first-order chi connectivity index (χ1) is 13.9. The first-order valence-electron chi connectivity index (χ1n) is 9.93. The number of aromatic nitrogens is 1. The van der Waals surface area contributed by atoms with E-state index in [1.54, 1.807) is 4.90 Å². The number of nitrogens with zero attached hydrogens (tertiary/aromatic N) is 2. The van der Waals surface area contributed by atoms with Crippen LogP contribution >= 0.6 is 15.9 Å². The van der Waals surface area contributed by atoms with Gasteiger partial charge in [-0.25, -0.2) is 9.78 Å². The molecule has 10 heteroatoms. The third-order valence-corrected chi connectivity index (χ3v) is 5.37. The monoisotopic (exact) mass is 494 g/mol. The SMILES string of the molecule is CC(C)(C)OC(=O)N1CCC(O[C@H]2C[C@H](Oc3ncc(Br)cc3C(F)(F)F)C2)CC1. The van der Waals surface area contributed by atoms with Gasteiger partial charge in [-0.05, 0) is 55.6 Å². The average Bonchev–Trinajstić information content (AvgIpc) is 2.59. The molecule has 1 aliphatic heterocycles. The standard InChI is InChI=1S/C20H26BrF3N2O4/c1-19(2,3)30-18(27)26-6-4-13(5-7-26)28-14-9-15(10-14)29-17-16(20(22,23)24)8-12(21)11-25-17/h8,11,13-15H,4-7,9-10H2,1-3H3/t14-,15-. The molecule has 1 amide bonds. The van der Waals surface area contributed by atoms with Gasteiger partial charge in [-0.2, -0.15) is 13.2 Å². The molecule has 0 atom stereocenters. The Morgan fingerprint density at radius 3 is 2.33 bits per heavy atom. The zero-order chi connectivity index (χ0) is 22.1. The molecule has 0 aromatic carbocycles. The van der Waals surface area contributed by atoms with E-state index < -0.39 is 23.2 Å². The average molecular weight is 495 g/mol. The highest BCUT2D eigenvalue weighted by atomic mass is 79.9. The molecule has 0 N–H and O–H groups in total. The van der Waals surface area contributed by atoms with Crippen LogP contribution in [0.2, 0.25) is 0 Å². The summed E-state index contributed by atoms with van der Waals surface area (Å²) >= 11 is 3.01. The molecule has 1 aromatic heterocycles. The molecule has 3 rings (SSSR count). The van der Waals surface area contributed by atoms with E-state index in [1.165, 1.54) is 6.20 Å². The van der Waals surface area contributed by atoms with Crippen molar-refractivity contribution in [1.82, 2.24) is 9.88 Å². The largest absolute Gasteiger partial charge is 0.474 e. The number of carbonyl (C=O) groups is 1. The molecule has 1 aromatic rings. The maximum absolute atomic E-state index is 13.2. The Labute approximate surface area is 182 Å². The summed E-state index contributed by atoms with van der Waals surface area (Å²) in [5.74, 6) is -0.403. The molecule has 168 valence electrons. The summed E-state index contributed by atoms with van der Waals surface area (Å²) in [4.78, 5) is 17.6. The van der Waals surface area contributed by atoms with Crippen LogP contribution in [0.3, 0.4) is 0 Å². The van der Waals surface area contributed by atoms with Gasteiger partial charge in [0.1, 0.15) is 17.3 Å². The van der Waals surface area contributed by atoms with Crippen molar-refractivity contribution in [3.63, 3.8) is 0 Å². The number of alkyl halides is 3. The zero-order valence-electron chi connectivity index (χ0n) is 17.2. The lowest BCUT2D eigenvalue weighted by atomic mass is 9.91. The van der Waals surface area contributed by atoms with E-state index in [2.05, 4.69) is 20.9 Å². The molecule has 2 heterocycles. The molecule has 0 spiro atoms. The third kappa shape index (κ3) is 6.23. The number of amides is 1. The van der Waals surface area contributed by atoms with Crippen LogP contribution in [0.25, 0.3) is 0 Å². The molecule has 6 nitrogen and oxygen atoms in total. The summed E-state index contributed by atoms with van der Waals surface area (Å²) in [6.45, 7) is 6.61. The molecule has 30 heavy (non-hydrogen) atoms. The fourth-order valence-electron chi connectivity index (χ4n) is 3.38. The van der Waals surface area contributed by atoms with Gasteiger partial charge in [0.15, 0.2) is 0 Å². The van der Waals surface area contributed by atoms with E-state index in [1.807, 2.05) is 20.8 Å². The van der Waals surface area contributed by atoms with E-state index in [-0.39, 0.29) is 28.9 Å². The molecule has 1 saturated heterocycles. The Morgan fingerprint density at radius 2 is 1.77 bits per heavy atom. The van der Waals surface area contributed by atoms with Crippen LogP contribution in [0.15, 0.2) is 16.7 Å². The van der Waals surface area contributed by atoms with Crippen molar-refractivity contribution < 1.29 is 32.2 Å². The van der Waals surface area contributed by atoms with Crippen molar-refractivity contribution in [1.29, 1.82) is 0 Å². The van der Waals surface area contributed by atoms with Crippen LogP contribution in [0.4, 0.5) is 18.0 Å². The molecule has 0 radical (unpaired) electrons. The van der Waals surface area contributed by atoms with Crippen molar-refractivity contribution in [3.8, 4) is 5.88 Å². The number of rotatable bonds is 4. The lowest BCUT2D eigenvalue weighted by molar-refractivity contribution is -0.142. The second kappa shape index (κ2) is 8.90. The molecule has 1 saturated carbocycles. The highest BCUT2D eigenvalue weighted by molar-refractivity contribution is 9.10. The molecule has 0 unspecified atom stereocenters. The molecule has 2 aliphatic rings. The minimum Gasteiger partial charge on any atom is -0.474 e. The second-order valence-corrected chi connectivity index (χ2v) is 9.56. The predicted octanol–water partition coefficient (Wildman–Crippen LogP) is 5.19. The minimum absolute atomic E-state index is 0.0196. The van der Waals surface area contributed by atoms with E-state index in [9.17, 15) is 18.0 Å². The number of carbonyl (C=O) groups excluding carboxylic acids is 1. The topological polar surface area (TPSA) is 60.9 Å². The number of halogens is 4. The van der Waals surface area contributed by atoms with Crippen LogP contribution < -0.4 is 4.74 Å². The summed E-state index contributed by atoms with van der Waals surface area (Å²) < 4.78 is 56.6. The number of hydrogen-bond donors (Lipinski definition) is 0. The number of ether oxygens (including phenoxy) is 3. The second-order valence-electron chi connectivity index (χ2n) is 8.64. The van der Waals surface area contributed by atoms with Crippen molar-refractivity contribution in [2.45, 2.75) is 76.5 Å². The normalized spacial score (nSPS) is 23.1. The van der Waals surface area contributed by atoms with Crippen molar-refractivity contribution in [2.24, 2.45) is 0 Å². The maximum Gasteiger partial charge on any atom is 0.421 e. The van der Waals surface area contributed by atoms with Gasteiger partial charge >= 0.3 is 12.3 Å². The van der Waals surface area contributed by atoms with Gasteiger partial charge in [0.25, 0.3) is 0 Å². The van der Waals surface area contributed by atoms with E-state index in [0.717, 1.165) is 6.07 Å². The van der Waals surface area contributed by atoms with Crippen molar-refractivity contribution in [3.05, 3.63) is 22.3 Å². The highest BCUT2D eigenvalue weighted by Crippen LogP contribution is 2.39. The number of pyridine rings is 1. The van der Waals surface area contributed by atoms with Crippen molar-refractivity contribution >= 4 is 22.0 Å². The molecule has 0 bridgehead atoms. The molecule has 2 fully saturated rings. The first kappa shape index (κ1) is 23.1. The van der Waals surface area contributed by atoms with Gasteiger partial charge in [0, 0.05) is 36.6 Å². The summed E-state index contributed by atoms with van der Waals surface area (Å²) in [5, 5.41) is 0. The molecule has 1 aliphatic carbocycles. The van der Waals surface area contributed by atoms with Gasteiger partial charge in [-0.3, -0.25) is 0 Å². The summed E-state index contributed by atoms with van der Waals surface area (Å²) in [6.07, 6.45) is -1.52. The Bertz CT molecular complexity index is 755. The number of piperidine rings is 1. The Morgan fingerprint density at radius 1 is 1.13 bits per heavy atom. The van der Waals surface area contributed by atoms with E-state index in [4.69, 9.17) is 14.2 Å². The van der Waals surface area contributed by atoms with E-state index >= 15 is 0 Å². The first-order valence-corrected chi connectivity index (χ1v) is 10.7. The zero-order valence-corrected chi connectivity index (χ0v) is 18.8. The lowest BCUT2D eigenvalue weighted by Gasteiger charge is -2.40. The lowest BCUT2D eigenvalue weighted by Crippen LogP contribution is -2.46. The molecular weight excluding hydrogens is 469 g/mol. The van der Waals surface area contributed by atoms with Gasteiger partial charge < -0.3 is 19.1 Å². The van der Waals surface area contributed by atoms with E-state index in [0.29, 0.717) is 38.8 Å². The fraction of sp³-hybridized carbons (Fsp3) is 0.700. The number of likely N-dealkylation sites (tertiary alicyclic amines) is 1. The van der Waals surface area contributed by atoms with Gasteiger partial charge in [0.05, 0.1) is 12.2 Å². The Kier molecular flexibility index (Phi) is 6.86. The van der Waals surface area contributed by atoms with Gasteiger partial charge in [-0.15, -0.1) is 0 Å². The van der Waals surface area contributed by atoms with Crippen molar-refractivity contribution in [2.75, 3.05) is 13.1 Å². The smallest absolute Gasteiger partial charge is 0.421 e. The van der Waals surface area contributed by atoms with Crippen LogP contribution in [-0.2, 0) is 15.7 Å². The number of hydrogen-bond acceptors (Lipinski definition) is 5. The quantitative estimate of drug-likeness (QED) is 0.576. The summed E-state index contributed by atoms with van der Waals surface area (Å²) in [7, 11) is 0. The Balaban J connectivity index is 1.42. The predicted molar refractivity (Wildman–Crippen MR) is 106 cm³/mol. The Hall–Kier alpha value is -1.55. The minimum atomic E-state index is -4.53.